The smallest absolute Gasteiger partial charge is 0.224 e. The summed E-state index contributed by atoms with van der Waals surface area (Å²) < 4.78 is 10.5. The van der Waals surface area contributed by atoms with Crippen molar-refractivity contribution in [1.29, 1.82) is 0 Å². The molecule has 0 spiro atoms. The maximum Gasteiger partial charge on any atom is 0.224 e. The highest BCUT2D eigenvalue weighted by molar-refractivity contribution is 5.34. The summed E-state index contributed by atoms with van der Waals surface area (Å²) in [4.78, 5) is 8.26. The molecule has 0 bridgehead atoms. The van der Waals surface area contributed by atoms with Gasteiger partial charge in [-0.05, 0) is 31.2 Å². The Hall–Kier alpha value is -1.36. The second kappa shape index (κ2) is 7.43. The number of aromatic nitrogens is 2. The predicted octanol–water partition coefficient (Wildman–Crippen LogP) is 2.41. The first kappa shape index (κ1) is 15.0. The van der Waals surface area contributed by atoms with E-state index in [0.29, 0.717) is 18.3 Å². The third-order valence-electron chi connectivity index (χ3n) is 4.12. The largest absolute Gasteiger partial charge is 0.481 e. The Balaban J connectivity index is 1.87. The van der Waals surface area contributed by atoms with Crippen molar-refractivity contribution < 1.29 is 9.47 Å². The van der Waals surface area contributed by atoms with Gasteiger partial charge >= 0.3 is 0 Å². The Bertz CT molecular complexity index is 395. The Morgan fingerprint density at radius 2 is 1.70 bits per heavy atom. The zero-order valence-corrected chi connectivity index (χ0v) is 12.7. The van der Waals surface area contributed by atoms with Gasteiger partial charge in [0.15, 0.2) is 0 Å². The maximum absolute atomic E-state index is 5.27. The van der Waals surface area contributed by atoms with Crippen LogP contribution in [-0.4, -0.2) is 30.7 Å². The van der Waals surface area contributed by atoms with E-state index in [9.17, 15) is 0 Å². The van der Waals surface area contributed by atoms with Gasteiger partial charge in [0, 0.05) is 6.54 Å². The fourth-order valence-electron chi connectivity index (χ4n) is 2.82. The first-order valence-electron chi connectivity index (χ1n) is 7.37. The van der Waals surface area contributed by atoms with E-state index >= 15 is 0 Å². The minimum absolute atomic E-state index is 0.585. The lowest BCUT2D eigenvalue weighted by Gasteiger charge is -2.26. The third-order valence-corrected chi connectivity index (χ3v) is 4.12. The second-order valence-electron chi connectivity index (χ2n) is 5.63. The summed E-state index contributed by atoms with van der Waals surface area (Å²) >= 11 is 0. The van der Waals surface area contributed by atoms with Crippen LogP contribution in [0.2, 0.25) is 0 Å². The summed E-state index contributed by atoms with van der Waals surface area (Å²) in [7, 11) is 3.24. The number of rotatable bonds is 6. The molecule has 0 radical (unpaired) electrons. The Kier molecular flexibility index (Phi) is 5.59. The predicted molar refractivity (Wildman–Crippen MR) is 78.0 cm³/mol. The number of nitrogens with zero attached hydrogens (tertiary/aromatic N) is 2. The maximum atomic E-state index is 5.27. The van der Waals surface area contributed by atoms with Gasteiger partial charge in [-0.2, -0.15) is 0 Å². The van der Waals surface area contributed by atoms with Gasteiger partial charge < -0.3 is 14.8 Å². The monoisotopic (exact) mass is 279 g/mol. The lowest BCUT2D eigenvalue weighted by molar-refractivity contribution is 0.280. The lowest BCUT2D eigenvalue weighted by Crippen LogP contribution is -2.26. The highest BCUT2D eigenvalue weighted by Crippen LogP contribution is 2.28. The number of hydrogen-bond acceptors (Lipinski definition) is 5. The van der Waals surface area contributed by atoms with Gasteiger partial charge in [0.25, 0.3) is 0 Å². The van der Waals surface area contributed by atoms with Gasteiger partial charge in [0.1, 0.15) is 6.33 Å². The molecule has 0 aromatic carbocycles. The molecule has 0 aliphatic heterocycles. The molecule has 1 heterocycles. The number of methoxy groups -OCH3 is 2. The summed E-state index contributed by atoms with van der Waals surface area (Å²) in [5.74, 6) is 2.85. The molecule has 1 aromatic heterocycles. The van der Waals surface area contributed by atoms with Crippen molar-refractivity contribution in [2.75, 3.05) is 20.8 Å². The average Bonchev–Trinajstić information content (AvgIpc) is 2.49. The van der Waals surface area contributed by atoms with E-state index in [4.69, 9.17) is 9.47 Å². The molecule has 0 atom stereocenters. The summed E-state index contributed by atoms with van der Waals surface area (Å²) in [6.07, 6.45) is 6.83. The summed E-state index contributed by atoms with van der Waals surface area (Å²) in [5.41, 5.74) is 0.890. The molecule has 1 aliphatic carbocycles. The van der Waals surface area contributed by atoms with Crippen LogP contribution in [0.3, 0.4) is 0 Å². The highest BCUT2D eigenvalue weighted by atomic mass is 16.5. The van der Waals surface area contributed by atoms with Crippen molar-refractivity contribution in [1.82, 2.24) is 15.3 Å². The van der Waals surface area contributed by atoms with E-state index < -0.39 is 0 Å². The standard InChI is InChI=1S/C15H25N3O2/c1-11-4-6-12(7-5-11)8-16-9-13-14(19-2)17-10-18-15(13)20-3/h10-12,16H,4-9H2,1-3H3. The molecular weight excluding hydrogens is 254 g/mol. The zero-order chi connectivity index (χ0) is 14.4. The number of nitrogens with one attached hydrogen (secondary N) is 1. The minimum atomic E-state index is 0.585. The molecule has 1 saturated carbocycles. The van der Waals surface area contributed by atoms with Crippen molar-refractivity contribution in [3.8, 4) is 11.8 Å². The third kappa shape index (κ3) is 3.82. The summed E-state index contributed by atoms with van der Waals surface area (Å²) in [6.45, 7) is 4.06. The molecule has 1 fully saturated rings. The van der Waals surface area contributed by atoms with Crippen molar-refractivity contribution in [3.05, 3.63) is 11.9 Å². The first-order chi connectivity index (χ1) is 9.74. The molecule has 5 nitrogen and oxygen atoms in total. The number of hydrogen-bond donors (Lipinski definition) is 1. The van der Waals surface area contributed by atoms with Gasteiger partial charge in [-0.1, -0.05) is 19.8 Å². The van der Waals surface area contributed by atoms with E-state index in [0.717, 1.165) is 23.9 Å². The molecule has 1 aliphatic rings. The van der Waals surface area contributed by atoms with Crippen LogP contribution in [0.15, 0.2) is 6.33 Å². The molecule has 0 saturated heterocycles. The van der Waals surface area contributed by atoms with Crippen LogP contribution in [0.4, 0.5) is 0 Å². The highest BCUT2D eigenvalue weighted by Gasteiger charge is 2.18. The molecule has 2 rings (SSSR count). The van der Waals surface area contributed by atoms with Gasteiger partial charge in [-0.25, -0.2) is 9.97 Å². The van der Waals surface area contributed by atoms with Crippen LogP contribution in [0, 0.1) is 11.8 Å². The fraction of sp³-hybridized carbons (Fsp3) is 0.733. The van der Waals surface area contributed by atoms with Crippen LogP contribution in [-0.2, 0) is 6.54 Å². The van der Waals surface area contributed by atoms with Gasteiger partial charge in [-0.3, -0.25) is 0 Å². The van der Waals surface area contributed by atoms with Crippen molar-refractivity contribution in [3.63, 3.8) is 0 Å². The van der Waals surface area contributed by atoms with E-state index in [1.807, 2.05) is 0 Å². The first-order valence-corrected chi connectivity index (χ1v) is 7.37. The summed E-state index contributed by atoms with van der Waals surface area (Å²) in [5, 5.41) is 3.50. The normalized spacial score (nSPS) is 22.6. The van der Waals surface area contributed by atoms with E-state index in [1.54, 1.807) is 14.2 Å². The molecule has 0 amide bonds. The molecule has 112 valence electrons. The van der Waals surface area contributed by atoms with Crippen molar-refractivity contribution in [2.24, 2.45) is 11.8 Å². The Morgan fingerprint density at radius 3 is 2.25 bits per heavy atom. The second-order valence-corrected chi connectivity index (χ2v) is 5.63. The van der Waals surface area contributed by atoms with E-state index in [2.05, 4.69) is 22.2 Å². The molecule has 5 heteroatoms. The van der Waals surface area contributed by atoms with Gasteiger partial charge in [-0.15, -0.1) is 0 Å². The minimum Gasteiger partial charge on any atom is -0.481 e. The quantitative estimate of drug-likeness (QED) is 0.866. The number of ether oxygens (including phenoxy) is 2. The van der Waals surface area contributed by atoms with Crippen LogP contribution >= 0.6 is 0 Å². The molecule has 0 unspecified atom stereocenters. The fourth-order valence-corrected chi connectivity index (χ4v) is 2.82. The van der Waals surface area contributed by atoms with Crippen LogP contribution in [0.5, 0.6) is 11.8 Å². The lowest BCUT2D eigenvalue weighted by atomic mass is 9.83. The zero-order valence-electron chi connectivity index (χ0n) is 12.7. The Morgan fingerprint density at radius 1 is 1.10 bits per heavy atom. The molecular formula is C15H25N3O2. The van der Waals surface area contributed by atoms with Crippen molar-refractivity contribution in [2.45, 2.75) is 39.2 Å². The van der Waals surface area contributed by atoms with E-state index in [1.165, 1.54) is 32.0 Å². The molecule has 1 aromatic rings. The van der Waals surface area contributed by atoms with Gasteiger partial charge in [0.05, 0.1) is 19.8 Å². The summed E-state index contributed by atoms with van der Waals surface area (Å²) in [6, 6.07) is 0. The molecule has 1 N–H and O–H groups in total. The van der Waals surface area contributed by atoms with Crippen LogP contribution in [0.1, 0.15) is 38.2 Å². The Labute approximate surface area is 121 Å². The van der Waals surface area contributed by atoms with E-state index in [-0.39, 0.29) is 0 Å². The van der Waals surface area contributed by atoms with Crippen LogP contribution in [0.25, 0.3) is 0 Å². The average molecular weight is 279 g/mol. The molecule has 20 heavy (non-hydrogen) atoms. The van der Waals surface area contributed by atoms with Gasteiger partial charge in [0.2, 0.25) is 11.8 Å². The van der Waals surface area contributed by atoms with Crippen molar-refractivity contribution >= 4 is 0 Å². The topological polar surface area (TPSA) is 56.3 Å². The van der Waals surface area contributed by atoms with Crippen LogP contribution < -0.4 is 14.8 Å². The SMILES string of the molecule is COc1ncnc(OC)c1CNCC1CCC(C)CC1.